The Bertz CT molecular complexity index is 245. The second kappa shape index (κ2) is 7.78. The van der Waals surface area contributed by atoms with Gasteiger partial charge in [-0.2, -0.15) is 0 Å². The van der Waals surface area contributed by atoms with Gasteiger partial charge in [-0.3, -0.25) is 4.79 Å². The van der Waals surface area contributed by atoms with Gasteiger partial charge in [-0.05, 0) is 58.4 Å². The number of nitrogens with two attached hydrogens (primary N) is 1. The summed E-state index contributed by atoms with van der Waals surface area (Å²) in [5.41, 5.74) is 5.60. The van der Waals surface area contributed by atoms with Gasteiger partial charge in [0.05, 0.1) is 0 Å². The Balaban J connectivity index is 2.43. The van der Waals surface area contributed by atoms with Crippen molar-refractivity contribution in [2.75, 3.05) is 6.54 Å². The van der Waals surface area contributed by atoms with Crippen LogP contribution in [0.1, 0.15) is 65.7 Å². The number of carbonyl (C=O) groups is 1. The van der Waals surface area contributed by atoms with Crippen LogP contribution in [0.3, 0.4) is 0 Å². The summed E-state index contributed by atoms with van der Waals surface area (Å²) in [4.78, 5) is 14.5. The minimum atomic E-state index is 0.352. The van der Waals surface area contributed by atoms with Crippen LogP contribution in [0.5, 0.6) is 0 Å². The molecule has 3 atom stereocenters. The molecule has 0 aliphatic carbocycles. The molecule has 1 amide bonds. The van der Waals surface area contributed by atoms with E-state index in [1.165, 1.54) is 6.42 Å². The summed E-state index contributed by atoms with van der Waals surface area (Å²) in [6.07, 6.45) is 7.48. The Kier molecular flexibility index (Phi) is 6.69. The number of carbonyl (C=O) groups excluding carboxylic acids is 1. The van der Waals surface area contributed by atoms with E-state index in [0.717, 1.165) is 38.6 Å². The van der Waals surface area contributed by atoms with Crippen molar-refractivity contribution in [3.63, 3.8) is 0 Å². The minimum absolute atomic E-state index is 0.352. The topological polar surface area (TPSA) is 46.3 Å². The maximum absolute atomic E-state index is 12.3. The molecule has 18 heavy (non-hydrogen) atoms. The van der Waals surface area contributed by atoms with Gasteiger partial charge in [-0.15, -0.1) is 0 Å². The number of amides is 1. The summed E-state index contributed by atoms with van der Waals surface area (Å²) in [6.45, 7) is 7.30. The molecule has 0 radical (unpaired) electrons. The third kappa shape index (κ3) is 4.27. The smallest absolute Gasteiger partial charge is 0.223 e. The van der Waals surface area contributed by atoms with Gasteiger partial charge in [-0.1, -0.05) is 13.3 Å². The average molecular weight is 254 g/mol. The summed E-state index contributed by atoms with van der Waals surface area (Å²) in [7, 11) is 0. The van der Waals surface area contributed by atoms with Gasteiger partial charge in [0.25, 0.3) is 0 Å². The summed E-state index contributed by atoms with van der Waals surface area (Å²) >= 11 is 0. The van der Waals surface area contributed by atoms with Crippen LogP contribution in [0.2, 0.25) is 0 Å². The molecule has 3 nitrogen and oxygen atoms in total. The predicted molar refractivity (Wildman–Crippen MR) is 76.3 cm³/mol. The highest BCUT2D eigenvalue weighted by Gasteiger charge is 2.28. The van der Waals surface area contributed by atoms with Crippen LogP contribution < -0.4 is 5.73 Å². The van der Waals surface area contributed by atoms with Gasteiger partial charge in [0.2, 0.25) is 5.91 Å². The van der Waals surface area contributed by atoms with Crippen molar-refractivity contribution in [3.05, 3.63) is 0 Å². The molecular weight excluding hydrogens is 224 g/mol. The van der Waals surface area contributed by atoms with Gasteiger partial charge < -0.3 is 10.6 Å². The highest BCUT2D eigenvalue weighted by molar-refractivity contribution is 5.77. The summed E-state index contributed by atoms with van der Waals surface area (Å²) in [6, 6.07) is 0.853. The molecule has 0 bridgehead atoms. The Hall–Kier alpha value is -0.570. The molecule has 1 fully saturated rings. The van der Waals surface area contributed by atoms with E-state index < -0.39 is 0 Å². The van der Waals surface area contributed by atoms with Crippen LogP contribution in [0.4, 0.5) is 0 Å². The summed E-state index contributed by atoms with van der Waals surface area (Å²) < 4.78 is 0. The lowest BCUT2D eigenvalue weighted by Crippen LogP contribution is -2.47. The minimum Gasteiger partial charge on any atom is -0.337 e. The summed E-state index contributed by atoms with van der Waals surface area (Å²) in [5, 5.41) is 0. The lowest BCUT2D eigenvalue weighted by Gasteiger charge is -2.39. The molecule has 1 saturated heterocycles. The van der Waals surface area contributed by atoms with Gasteiger partial charge in [0, 0.05) is 18.5 Å². The monoisotopic (exact) mass is 254 g/mol. The van der Waals surface area contributed by atoms with Crippen LogP contribution in [0.15, 0.2) is 0 Å². The SMILES string of the molecule is CCC(CCN)CCC(=O)N1C(C)CCCC1C. The molecule has 1 heterocycles. The van der Waals surface area contributed by atoms with Crippen molar-refractivity contribution >= 4 is 5.91 Å². The molecule has 0 aromatic heterocycles. The first-order valence-electron chi connectivity index (χ1n) is 7.61. The van der Waals surface area contributed by atoms with E-state index in [-0.39, 0.29) is 0 Å². The molecule has 1 aliphatic heterocycles. The number of nitrogens with zero attached hydrogens (tertiary/aromatic N) is 1. The van der Waals surface area contributed by atoms with Crippen molar-refractivity contribution in [1.82, 2.24) is 4.90 Å². The Morgan fingerprint density at radius 3 is 2.39 bits per heavy atom. The zero-order valence-electron chi connectivity index (χ0n) is 12.3. The fourth-order valence-electron chi connectivity index (χ4n) is 3.16. The standard InChI is InChI=1S/C15H30N2O/c1-4-14(10-11-16)8-9-15(18)17-12(2)6-5-7-13(17)3/h12-14H,4-11,16H2,1-3H3. The maximum atomic E-state index is 12.3. The predicted octanol–water partition coefficient (Wildman–Crippen LogP) is 2.93. The fraction of sp³-hybridized carbons (Fsp3) is 0.933. The van der Waals surface area contributed by atoms with E-state index in [1.807, 2.05) is 0 Å². The molecule has 1 aliphatic rings. The lowest BCUT2D eigenvalue weighted by molar-refractivity contribution is -0.137. The zero-order chi connectivity index (χ0) is 13.5. The van der Waals surface area contributed by atoms with E-state index in [4.69, 9.17) is 5.73 Å². The first-order chi connectivity index (χ1) is 8.60. The van der Waals surface area contributed by atoms with Gasteiger partial charge in [-0.25, -0.2) is 0 Å². The van der Waals surface area contributed by atoms with Crippen molar-refractivity contribution < 1.29 is 4.79 Å². The van der Waals surface area contributed by atoms with E-state index in [2.05, 4.69) is 25.7 Å². The van der Waals surface area contributed by atoms with E-state index in [0.29, 0.717) is 30.3 Å². The molecule has 2 N–H and O–H groups in total. The van der Waals surface area contributed by atoms with Crippen molar-refractivity contribution in [2.45, 2.75) is 77.8 Å². The highest BCUT2D eigenvalue weighted by Crippen LogP contribution is 2.24. The molecule has 3 unspecified atom stereocenters. The lowest BCUT2D eigenvalue weighted by atomic mass is 9.94. The average Bonchev–Trinajstić information content (AvgIpc) is 2.34. The highest BCUT2D eigenvalue weighted by atomic mass is 16.2. The van der Waals surface area contributed by atoms with Crippen molar-refractivity contribution in [3.8, 4) is 0 Å². The molecule has 1 rings (SSSR count). The van der Waals surface area contributed by atoms with Crippen molar-refractivity contribution in [1.29, 1.82) is 0 Å². The largest absolute Gasteiger partial charge is 0.337 e. The van der Waals surface area contributed by atoms with Crippen molar-refractivity contribution in [2.24, 2.45) is 11.7 Å². The molecule has 3 heteroatoms. The third-order valence-electron chi connectivity index (χ3n) is 4.40. The maximum Gasteiger partial charge on any atom is 0.223 e. The second-order valence-corrected chi connectivity index (χ2v) is 5.82. The van der Waals surface area contributed by atoms with E-state index >= 15 is 0 Å². The molecule has 0 aromatic carbocycles. The quantitative estimate of drug-likeness (QED) is 0.792. The first kappa shape index (κ1) is 15.5. The molecule has 0 spiro atoms. The number of hydrogen-bond acceptors (Lipinski definition) is 2. The summed E-state index contributed by atoms with van der Waals surface area (Å²) in [5.74, 6) is 0.972. The normalized spacial score (nSPS) is 26.1. The Morgan fingerprint density at radius 1 is 1.28 bits per heavy atom. The van der Waals surface area contributed by atoms with Crippen LogP contribution in [-0.4, -0.2) is 29.4 Å². The van der Waals surface area contributed by atoms with Crippen LogP contribution in [0, 0.1) is 5.92 Å². The van der Waals surface area contributed by atoms with Crippen LogP contribution in [-0.2, 0) is 4.79 Å². The van der Waals surface area contributed by atoms with E-state index in [9.17, 15) is 4.79 Å². The molecule has 0 aromatic rings. The van der Waals surface area contributed by atoms with E-state index in [1.54, 1.807) is 0 Å². The number of hydrogen-bond donors (Lipinski definition) is 1. The molecular formula is C15H30N2O. The fourth-order valence-corrected chi connectivity index (χ4v) is 3.16. The Labute approximate surface area is 112 Å². The second-order valence-electron chi connectivity index (χ2n) is 5.82. The zero-order valence-corrected chi connectivity index (χ0v) is 12.3. The van der Waals surface area contributed by atoms with Gasteiger partial charge >= 0.3 is 0 Å². The van der Waals surface area contributed by atoms with Crippen LogP contribution in [0.25, 0.3) is 0 Å². The Morgan fingerprint density at radius 2 is 1.89 bits per heavy atom. The third-order valence-corrected chi connectivity index (χ3v) is 4.40. The molecule has 0 saturated carbocycles. The van der Waals surface area contributed by atoms with Gasteiger partial charge in [0.15, 0.2) is 0 Å². The van der Waals surface area contributed by atoms with Gasteiger partial charge in [0.1, 0.15) is 0 Å². The number of likely N-dealkylation sites (tertiary alicyclic amines) is 1. The first-order valence-corrected chi connectivity index (χ1v) is 7.61. The molecule has 106 valence electrons. The number of rotatable bonds is 6. The van der Waals surface area contributed by atoms with Crippen LogP contribution >= 0.6 is 0 Å². The number of piperidine rings is 1.